The van der Waals surface area contributed by atoms with Gasteiger partial charge in [0.1, 0.15) is 5.75 Å². The Morgan fingerprint density at radius 1 is 1.52 bits per heavy atom. The highest BCUT2D eigenvalue weighted by Gasteiger charge is 2.36. The van der Waals surface area contributed by atoms with E-state index in [9.17, 15) is 0 Å². The van der Waals surface area contributed by atoms with E-state index in [1.807, 2.05) is 20.2 Å². The lowest BCUT2D eigenvalue weighted by Gasteiger charge is -2.38. The molecule has 0 aromatic carbocycles. The van der Waals surface area contributed by atoms with Crippen molar-refractivity contribution in [2.45, 2.75) is 38.0 Å². The molecule has 2 saturated heterocycles. The minimum absolute atomic E-state index is 0.152. The first-order valence-electron chi connectivity index (χ1n) is 7.92. The van der Waals surface area contributed by atoms with E-state index in [4.69, 9.17) is 9.47 Å². The molecule has 0 amide bonds. The van der Waals surface area contributed by atoms with Crippen molar-refractivity contribution in [3.8, 4) is 5.75 Å². The van der Waals surface area contributed by atoms with Gasteiger partial charge >= 0.3 is 0 Å². The summed E-state index contributed by atoms with van der Waals surface area (Å²) in [5.74, 6) is 0.824. The van der Waals surface area contributed by atoms with Gasteiger partial charge in [-0.15, -0.1) is 0 Å². The molecule has 1 N–H and O–H groups in total. The van der Waals surface area contributed by atoms with E-state index in [0.717, 1.165) is 24.5 Å². The Labute approximate surface area is 126 Å². The minimum Gasteiger partial charge on any atom is -0.492 e. The number of hydrogen-bond acceptors (Lipinski definition) is 5. The van der Waals surface area contributed by atoms with Crippen LogP contribution in [-0.4, -0.2) is 55.4 Å². The van der Waals surface area contributed by atoms with Gasteiger partial charge in [0.15, 0.2) is 0 Å². The van der Waals surface area contributed by atoms with Crippen LogP contribution < -0.4 is 10.1 Å². The molecule has 2 aliphatic heterocycles. The molecule has 3 rings (SSSR count). The maximum atomic E-state index is 6.13. The summed E-state index contributed by atoms with van der Waals surface area (Å²) in [6, 6.07) is 2.85. The van der Waals surface area contributed by atoms with Crippen molar-refractivity contribution in [3.05, 3.63) is 24.0 Å². The van der Waals surface area contributed by atoms with E-state index >= 15 is 0 Å². The van der Waals surface area contributed by atoms with E-state index in [1.54, 1.807) is 6.20 Å². The van der Waals surface area contributed by atoms with Gasteiger partial charge in [-0.25, -0.2) is 0 Å². The van der Waals surface area contributed by atoms with Crippen LogP contribution in [-0.2, 0) is 4.74 Å². The average Bonchev–Trinajstić information content (AvgIpc) is 2.96. The monoisotopic (exact) mass is 291 g/mol. The third kappa shape index (κ3) is 3.20. The van der Waals surface area contributed by atoms with Crippen molar-refractivity contribution in [3.63, 3.8) is 0 Å². The zero-order valence-corrected chi connectivity index (χ0v) is 12.9. The molecule has 5 nitrogen and oxygen atoms in total. The van der Waals surface area contributed by atoms with Crippen LogP contribution >= 0.6 is 0 Å². The third-order valence-corrected chi connectivity index (χ3v) is 4.50. The van der Waals surface area contributed by atoms with E-state index < -0.39 is 0 Å². The quantitative estimate of drug-likeness (QED) is 0.893. The van der Waals surface area contributed by atoms with Crippen LogP contribution in [0.4, 0.5) is 0 Å². The van der Waals surface area contributed by atoms with E-state index in [-0.39, 0.29) is 12.1 Å². The number of rotatable bonds is 5. The third-order valence-electron chi connectivity index (χ3n) is 4.50. The number of likely N-dealkylation sites (N-methyl/N-ethyl adjacent to an activating group) is 1. The van der Waals surface area contributed by atoms with Crippen molar-refractivity contribution in [1.29, 1.82) is 0 Å². The molecular weight excluding hydrogens is 266 g/mol. The Kier molecular flexibility index (Phi) is 4.73. The normalized spacial score (nSPS) is 27.3. The summed E-state index contributed by atoms with van der Waals surface area (Å²) in [6.07, 6.45) is 6.41. The summed E-state index contributed by atoms with van der Waals surface area (Å²) in [7, 11) is 1.98. The first kappa shape index (κ1) is 14.8. The summed E-state index contributed by atoms with van der Waals surface area (Å²) in [6.45, 7) is 5.69. The van der Waals surface area contributed by atoms with Crippen LogP contribution in [0.15, 0.2) is 18.5 Å². The van der Waals surface area contributed by atoms with Gasteiger partial charge in [-0.2, -0.15) is 0 Å². The molecule has 5 heteroatoms. The van der Waals surface area contributed by atoms with Gasteiger partial charge in [-0.1, -0.05) is 0 Å². The smallest absolute Gasteiger partial charge is 0.137 e. The average molecular weight is 291 g/mol. The van der Waals surface area contributed by atoms with E-state index in [1.165, 1.54) is 19.4 Å². The largest absolute Gasteiger partial charge is 0.492 e. The van der Waals surface area contributed by atoms with Crippen molar-refractivity contribution in [2.75, 3.05) is 33.4 Å². The molecule has 3 atom stereocenters. The predicted molar refractivity (Wildman–Crippen MR) is 81.5 cm³/mol. The van der Waals surface area contributed by atoms with Gasteiger partial charge in [0.25, 0.3) is 0 Å². The van der Waals surface area contributed by atoms with Crippen molar-refractivity contribution >= 4 is 0 Å². The standard InChI is InChI=1S/C16H25N3O2/c1-3-20-14-7-12(8-18-9-14)16(17-2)15-10-19-6-4-5-13(19)11-21-15/h7-9,13,15-17H,3-6,10-11H2,1-2H3. The molecule has 0 spiro atoms. The van der Waals surface area contributed by atoms with Crippen LogP contribution in [0.25, 0.3) is 0 Å². The summed E-state index contributed by atoms with van der Waals surface area (Å²) in [5, 5.41) is 3.39. The SMILES string of the molecule is CCOc1cncc(C(NC)C2CN3CCCC3CO2)c1. The van der Waals surface area contributed by atoms with Gasteiger partial charge in [0.2, 0.25) is 0 Å². The number of fused-ring (bicyclic) bond motifs is 1. The number of hydrogen-bond donors (Lipinski definition) is 1. The highest BCUT2D eigenvalue weighted by molar-refractivity contribution is 5.27. The van der Waals surface area contributed by atoms with Gasteiger partial charge in [-0.05, 0) is 45.0 Å². The Morgan fingerprint density at radius 2 is 2.43 bits per heavy atom. The van der Waals surface area contributed by atoms with Crippen molar-refractivity contribution in [2.24, 2.45) is 0 Å². The summed E-state index contributed by atoms with van der Waals surface area (Å²) in [5.41, 5.74) is 1.13. The molecule has 0 bridgehead atoms. The van der Waals surface area contributed by atoms with Crippen molar-refractivity contribution in [1.82, 2.24) is 15.2 Å². The highest BCUT2D eigenvalue weighted by atomic mass is 16.5. The molecule has 1 aromatic heterocycles. The highest BCUT2D eigenvalue weighted by Crippen LogP contribution is 2.29. The fourth-order valence-corrected chi connectivity index (χ4v) is 3.46. The second-order valence-corrected chi connectivity index (χ2v) is 5.82. The van der Waals surface area contributed by atoms with Crippen LogP contribution in [0.2, 0.25) is 0 Å². The molecular formula is C16H25N3O2. The van der Waals surface area contributed by atoms with E-state index in [0.29, 0.717) is 12.6 Å². The number of nitrogens with one attached hydrogen (secondary N) is 1. The molecule has 3 heterocycles. The molecule has 21 heavy (non-hydrogen) atoms. The van der Waals surface area contributed by atoms with Gasteiger partial charge in [-0.3, -0.25) is 9.88 Å². The van der Waals surface area contributed by atoms with Crippen LogP contribution in [0.1, 0.15) is 31.4 Å². The Hall–Kier alpha value is -1.17. The summed E-state index contributed by atoms with van der Waals surface area (Å²) < 4.78 is 11.7. The fraction of sp³-hybridized carbons (Fsp3) is 0.688. The molecule has 2 aliphatic rings. The fourth-order valence-electron chi connectivity index (χ4n) is 3.46. The molecule has 3 unspecified atom stereocenters. The number of ether oxygens (including phenoxy) is 2. The predicted octanol–water partition coefficient (Wildman–Crippen LogP) is 1.60. The topological polar surface area (TPSA) is 46.6 Å². The second kappa shape index (κ2) is 6.73. The van der Waals surface area contributed by atoms with Crippen LogP contribution in [0, 0.1) is 0 Å². The molecule has 0 aliphatic carbocycles. The summed E-state index contributed by atoms with van der Waals surface area (Å²) >= 11 is 0. The van der Waals surface area contributed by atoms with Crippen LogP contribution in [0.3, 0.4) is 0 Å². The lowest BCUT2D eigenvalue weighted by molar-refractivity contribution is -0.0643. The molecule has 2 fully saturated rings. The molecule has 0 radical (unpaired) electrons. The summed E-state index contributed by atoms with van der Waals surface area (Å²) in [4.78, 5) is 6.87. The second-order valence-electron chi connectivity index (χ2n) is 5.82. The van der Waals surface area contributed by atoms with Gasteiger partial charge < -0.3 is 14.8 Å². The van der Waals surface area contributed by atoms with Crippen molar-refractivity contribution < 1.29 is 9.47 Å². The Bertz CT molecular complexity index is 469. The Morgan fingerprint density at radius 3 is 3.24 bits per heavy atom. The minimum atomic E-state index is 0.152. The zero-order valence-electron chi connectivity index (χ0n) is 12.9. The number of aromatic nitrogens is 1. The maximum absolute atomic E-state index is 6.13. The number of nitrogens with zero attached hydrogens (tertiary/aromatic N) is 2. The molecule has 1 aromatic rings. The van der Waals surface area contributed by atoms with Crippen LogP contribution in [0.5, 0.6) is 5.75 Å². The van der Waals surface area contributed by atoms with Gasteiger partial charge in [0.05, 0.1) is 31.6 Å². The first-order chi connectivity index (χ1) is 10.3. The number of morpholine rings is 1. The molecule has 0 saturated carbocycles. The lowest BCUT2D eigenvalue weighted by Crippen LogP contribution is -2.50. The number of pyridine rings is 1. The first-order valence-corrected chi connectivity index (χ1v) is 7.92. The Balaban J connectivity index is 1.73. The zero-order chi connectivity index (χ0) is 14.7. The van der Waals surface area contributed by atoms with Gasteiger partial charge in [0, 0.05) is 18.8 Å². The molecule has 116 valence electrons. The maximum Gasteiger partial charge on any atom is 0.137 e. The van der Waals surface area contributed by atoms with E-state index in [2.05, 4.69) is 21.3 Å². The lowest BCUT2D eigenvalue weighted by atomic mass is 10.0.